The normalized spacial score (nSPS) is 10.5. The van der Waals surface area contributed by atoms with E-state index >= 15 is 0 Å². The Morgan fingerprint density at radius 1 is 1.24 bits per heavy atom. The van der Waals surface area contributed by atoms with Gasteiger partial charge in [0.05, 0.1) is 13.2 Å². The van der Waals surface area contributed by atoms with Crippen LogP contribution in [0, 0.1) is 18.8 Å². The molecule has 0 saturated carbocycles. The Morgan fingerprint density at radius 2 is 2.04 bits per heavy atom. The fourth-order valence-electron chi connectivity index (χ4n) is 2.47. The number of fused-ring (bicyclic) bond motifs is 1. The number of aryl methyl sites for hydroxylation is 1. The molecule has 0 aliphatic carbocycles. The highest BCUT2D eigenvalue weighted by Crippen LogP contribution is 2.26. The number of hydrogen-bond donors (Lipinski definition) is 0. The molecule has 0 aliphatic rings. The maximum absolute atomic E-state index is 11.4. The predicted molar refractivity (Wildman–Crippen MR) is 102 cm³/mol. The Kier molecular flexibility index (Phi) is 7.31. The minimum absolute atomic E-state index is 0.343. The lowest BCUT2D eigenvalue weighted by Gasteiger charge is -2.10. The summed E-state index contributed by atoms with van der Waals surface area (Å²) in [5.41, 5.74) is 1.12. The van der Waals surface area contributed by atoms with E-state index in [2.05, 4.69) is 23.3 Å². The molecule has 0 N–H and O–H groups in total. The molecule has 132 valence electrons. The van der Waals surface area contributed by atoms with Gasteiger partial charge in [-0.15, -0.1) is 12.5 Å². The highest BCUT2D eigenvalue weighted by atomic mass is 16.5. The van der Waals surface area contributed by atoms with Gasteiger partial charge in [0.2, 0.25) is 0 Å². The van der Waals surface area contributed by atoms with E-state index in [1.54, 1.807) is 6.07 Å². The highest BCUT2D eigenvalue weighted by Gasteiger charge is 2.07. The SMILES string of the molecule is C=CCN(C)CC#CCCCCOc1ccc2ccc(=O)oc2c1C. The van der Waals surface area contributed by atoms with E-state index in [9.17, 15) is 4.79 Å². The number of hydrogen-bond acceptors (Lipinski definition) is 4. The van der Waals surface area contributed by atoms with Crippen molar-refractivity contribution >= 4 is 11.0 Å². The number of unbranched alkanes of at least 4 members (excludes halogenated alkanes) is 2. The average molecular weight is 339 g/mol. The Labute approximate surface area is 149 Å². The third-order valence-electron chi connectivity index (χ3n) is 3.86. The molecule has 1 heterocycles. The third-order valence-corrected chi connectivity index (χ3v) is 3.86. The summed E-state index contributed by atoms with van der Waals surface area (Å²) in [5.74, 6) is 7.11. The molecule has 25 heavy (non-hydrogen) atoms. The lowest BCUT2D eigenvalue weighted by molar-refractivity contribution is 0.305. The van der Waals surface area contributed by atoms with Gasteiger partial charge in [-0.2, -0.15) is 0 Å². The maximum atomic E-state index is 11.4. The van der Waals surface area contributed by atoms with Crippen molar-refractivity contribution in [3.05, 3.63) is 52.9 Å². The van der Waals surface area contributed by atoms with Crippen LogP contribution in [-0.4, -0.2) is 31.6 Å². The monoisotopic (exact) mass is 339 g/mol. The number of likely N-dealkylation sites (N-methyl/N-ethyl adjacent to an activating group) is 1. The van der Waals surface area contributed by atoms with Crippen molar-refractivity contribution in [2.24, 2.45) is 0 Å². The van der Waals surface area contributed by atoms with Gasteiger partial charge in [-0.3, -0.25) is 4.90 Å². The first-order valence-electron chi connectivity index (χ1n) is 8.53. The van der Waals surface area contributed by atoms with E-state index in [0.717, 1.165) is 49.1 Å². The molecule has 4 heteroatoms. The molecule has 0 amide bonds. The van der Waals surface area contributed by atoms with Crippen molar-refractivity contribution in [3.63, 3.8) is 0 Å². The van der Waals surface area contributed by atoms with Crippen LogP contribution in [-0.2, 0) is 0 Å². The first-order chi connectivity index (χ1) is 12.1. The van der Waals surface area contributed by atoms with Crippen LogP contribution in [0.15, 0.2) is 46.1 Å². The topological polar surface area (TPSA) is 42.7 Å². The molecule has 0 spiro atoms. The van der Waals surface area contributed by atoms with E-state index < -0.39 is 0 Å². The summed E-state index contributed by atoms with van der Waals surface area (Å²) in [7, 11) is 2.03. The van der Waals surface area contributed by atoms with Crippen LogP contribution in [0.4, 0.5) is 0 Å². The Bertz CT molecular complexity index is 826. The summed E-state index contributed by atoms with van der Waals surface area (Å²) in [6, 6.07) is 7.03. The van der Waals surface area contributed by atoms with Gasteiger partial charge in [-0.05, 0) is 45.0 Å². The van der Waals surface area contributed by atoms with Gasteiger partial charge >= 0.3 is 5.63 Å². The molecule has 2 aromatic rings. The highest BCUT2D eigenvalue weighted by molar-refractivity contribution is 5.81. The van der Waals surface area contributed by atoms with Gasteiger partial charge in [0.1, 0.15) is 11.3 Å². The van der Waals surface area contributed by atoms with Crippen LogP contribution >= 0.6 is 0 Å². The fraction of sp³-hybridized carbons (Fsp3) is 0.381. The van der Waals surface area contributed by atoms with Gasteiger partial charge in [0.25, 0.3) is 0 Å². The van der Waals surface area contributed by atoms with Crippen molar-refractivity contribution in [3.8, 4) is 17.6 Å². The lowest BCUT2D eigenvalue weighted by atomic mass is 10.1. The summed E-state index contributed by atoms with van der Waals surface area (Å²) in [6.07, 6.45) is 4.68. The molecule has 0 fully saturated rings. The molecule has 1 aromatic heterocycles. The number of ether oxygens (including phenoxy) is 1. The minimum atomic E-state index is -0.343. The second-order valence-electron chi connectivity index (χ2n) is 6.01. The minimum Gasteiger partial charge on any atom is -0.493 e. The lowest BCUT2D eigenvalue weighted by Crippen LogP contribution is -2.17. The van der Waals surface area contributed by atoms with Gasteiger partial charge in [0, 0.05) is 30.0 Å². The zero-order valence-corrected chi connectivity index (χ0v) is 15.0. The summed E-state index contributed by atoms with van der Waals surface area (Å²) >= 11 is 0. The van der Waals surface area contributed by atoms with Crippen molar-refractivity contribution in [1.82, 2.24) is 4.90 Å². The first-order valence-corrected chi connectivity index (χ1v) is 8.53. The van der Waals surface area contributed by atoms with Crippen LogP contribution in [0.5, 0.6) is 5.75 Å². The second-order valence-corrected chi connectivity index (χ2v) is 6.01. The summed E-state index contributed by atoms with van der Waals surface area (Å²) < 4.78 is 11.1. The zero-order chi connectivity index (χ0) is 18.1. The molecule has 0 radical (unpaired) electrons. The van der Waals surface area contributed by atoms with Crippen molar-refractivity contribution in [2.45, 2.75) is 26.2 Å². The molecule has 1 aromatic carbocycles. The standard InChI is InChI=1S/C21H25NO3/c1-4-14-22(3)15-8-6-5-7-9-16-24-19-12-10-18-11-13-20(23)25-21(18)17(19)2/h4,10-13H,1,5,7,9,14-16H2,2-3H3. The zero-order valence-electron chi connectivity index (χ0n) is 15.0. The van der Waals surface area contributed by atoms with Gasteiger partial charge < -0.3 is 9.15 Å². The molecule has 0 atom stereocenters. The van der Waals surface area contributed by atoms with Crippen molar-refractivity contribution in [2.75, 3.05) is 26.7 Å². The number of rotatable bonds is 8. The van der Waals surface area contributed by atoms with E-state index in [1.807, 2.05) is 32.2 Å². The van der Waals surface area contributed by atoms with Gasteiger partial charge in [-0.25, -0.2) is 4.79 Å². The maximum Gasteiger partial charge on any atom is 0.336 e. The first kappa shape index (κ1) is 18.8. The fourth-order valence-corrected chi connectivity index (χ4v) is 2.47. The Morgan fingerprint density at radius 3 is 2.84 bits per heavy atom. The average Bonchev–Trinajstić information content (AvgIpc) is 2.59. The summed E-state index contributed by atoms with van der Waals surface area (Å²) in [4.78, 5) is 13.5. The van der Waals surface area contributed by atoms with E-state index in [4.69, 9.17) is 9.15 Å². The van der Waals surface area contributed by atoms with E-state index in [0.29, 0.717) is 12.2 Å². The third kappa shape index (κ3) is 5.81. The smallest absolute Gasteiger partial charge is 0.336 e. The molecule has 0 bridgehead atoms. The van der Waals surface area contributed by atoms with Crippen molar-refractivity contribution in [1.29, 1.82) is 0 Å². The van der Waals surface area contributed by atoms with E-state index in [-0.39, 0.29) is 5.63 Å². The summed E-state index contributed by atoms with van der Waals surface area (Å²) in [5, 5.41) is 0.904. The molecular formula is C21H25NO3. The quantitative estimate of drug-likeness (QED) is 0.318. The second kappa shape index (κ2) is 9.71. The molecular weight excluding hydrogens is 314 g/mol. The van der Waals surface area contributed by atoms with E-state index in [1.165, 1.54) is 6.07 Å². The van der Waals surface area contributed by atoms with Crippen LogP contribution in [0.25, 0.3) is 11.0 Å². The molecule has 4 nitrogen and oxygen atoms in total. The molecule has 0 aliphatic heterocycles. The van der Waals surface area contributed by atoms with Crippen LogP contribution in [0.2, 0.25) is 0 Å². The number of benzene rings is 1. The van der Waals surface area contributed by atoms with Crippen LogP contribution < -0.4 is 10.4 Å². The molecule has 0 saturated heterocycles. The Hall–Kier alpha value is -2.51. The van der Waals surface area contributed by atoms with Crippen LogP contribution in [0.3, 0.4) is 0 Å². The molecule has 0 unspecified atom stereocenters. The van der Waals surface area contributed by atoms with Gasteiger partial charge in [-0.1, -0.05) is 12.0 Å². The summed E-state index contributed by atoms with van der Waals surface area (Å²) in [6.45, 7) is 7.86. The number of nitrogens with zero attached hydrogens (tertiary/aromatic N) is 1. The van der Waals surface area contributed by atoms with Crippen molar-refractivity contribution < 1.29 is 9.15 Å². The predicted octanol–water partition coefficient (Wildman–Crippen LogP) is 3.77. The van der Waals surface area contributed by atoms with Gasteiger partial charge in [0.15, 0.2) is 0 Å². The Balaban J connectivity index is 1.76. The molecule has 2 rings (SSSR count). The van der Waals surface area contributed by atoms with Crippen LogP contribution in [0.1, 0.15) is 24.8 Å². The largest absolute Gasteiger partial charge is 0.493 e.